The predicted octanol–water partition coefficient (Wildman–Crippen LogP) is 2.37. The minimum Gasteiger partial charge on any atom is -0.462 e. The van der Waals surface area contributed by atoms with Gasteiger partial charge in [0.25, 0.3) is 0 Å². The van der Waals surface area contributed by atoms with E-state index in [1.54, 1.807) is 0 Å². The summed E-state index contributed by atoms with van der Waals surface area (Å²) >= 11 is 0. The Hall–Kier alpha value is -0.530. The van der Waals surface area contributed by atoms with Crippen LogP contribution >= 0.6 is 0 Å². The van der Waals surface area contributed by atoms with E-state index in [2.05, 4.69) is 0 Å². The van der Waals surface area contributed by atoms with Gasteiger partial charge in [0.05, 0.1) is 5.92 Å². The molecule has 0 aromatic heterocycles. The number of carbonyl (C=O) groups is 1. The lowest BCUT2D eigenvalue weighted by molar-refractivity contribution is -0.155. The Balaban J connectivity index is 1.86. The zero-order valence-electron chi connectivity index (χ0n) is 8.45. The standard InChI is InChI=1S/C11H18O2/c1-7(2)11(12)13-10-6-8-3-4-9(10)5-8/h7-10H,3-6H2,1-2H3. The zero-order valence-corrected chi connectivity index (χ0v) is 8.45. The van der Waals surface area contributed by atoms with Crippen molar-refractivity contribution in [2.45, 2.75) is 45.6 Å². The molecule has 0 aromatic rings. The van der Waals surface area contributed by atoms with E-state index in [1.807, 2.05) is 13.8 Å². The van der Waals surface area contributed by atoms with Crippen molar-refractivity contribution in [3.05, 3.63) is 0 Å². The molecule has 13 heavy (non-hydrogen) atoms. The van der Waals surface area contributed by atoms with Crippen LogP contribution < -0.4 is 0 Å². The lowest BCUT2D eigenvalue weighted by atomic mass is 9.97. The van der Waals surface area contributed by atoms with E-state index in [0.29, 0.717) is 5.92 Å². The van der Waals surface area contributed by atoms with E-state index >= 15 is 0 Å². The van der Waals surface area contributed by atoms with Crippen molar-refractivity contribution >= 4 is 5.97 Å². The monoisotopic (exact) mass is 182 g/mol. The molecule has 0 aromatic carbocycles. The number of esters is 1. The molecule has 0 saturated heterocycles. The maximum Gasteiger partial charge on any atom is 0.308 e. The maximum atomic E-state index is 11.4. The van der Waals surface area contributed by atoms with Crippen molar-refractivity contribution < 1.29 is 9.53 Å². The maximum absolute atomic E-state index is 11.4. The topological polar surface area (TPSA) is 26.3 Å². The van der Waals surface area contributed by atoms with Gasteiger partial charge in [0, 0.05) is 0 Å². The smallest absolute Gasteiger partial charge is 0.308 e. The lowest BCUT2D eigenvalue weighted by Gasteiger charge is -2.22. The molecule has 0 spiro atoms. The number of carbonyl (C=O) groups excluding carboxylic acids is 1. The molecule has 2 nitrogen and oxygen atoms in total. The molecule has 0 N–H and O–H groups in total. The zero-order chi connectivity index (χ0) is 9.42. The van der Waals surface area contributed by atoms with Crippen LogP contribution in [0.3, 0.4) is 0 Å². The number of hydrogen-bond acceptors (Lipinski definition) is 2. The molecule has 3 atom stereocenters. The van der Waals surface area contributed by atoms with Crippen LogP contribution in [0.25, 0.3) is 0 Å². The van der Waals surface area contributed by atoms with Gasteiger partial charge in [-0.1, -0.05) is 13.8 Å². The molecule has 2 saturated carbocycles. The fourth-order valence-electron chi connectivity index (χ4n) is 2.62. The Morgan fingerprint density at radius 1 is 1.31 bits per heavy atom. The molecule has 0 heterocycles. The number of fused-ring (bicyclic) bond motifs is 2. The van der Waals surface area contributed by atoms with E-state index in [1.165, 1.54) is 19.3 Å². The van der Waals surface area contributed by atoms with Crippen LogP contribution in [0.1, 0.15) is 39.5 Å². The first kappa shape index (κ1) is 9.04. The molecule has 2 heteroatoms. The van der Waals surface area contributed by atoms with Crippen molar-refractivity contribution in [1.82, 2.24) is 0 Å². The van der Waals surface area contributed by atoms with Gasteiger partial charge in [-0.25, -0.2) is 0 Å². The van der Waals surface area contributed by atoms with Crippen LogP contribution in [0.4, 0.5) is 0 Å². The van der Waals surface area contributed by atoms with Crippen molar-refractivity contribution in [1.29, 1.82) is 0 Å². The van der Waals surface area contributed by atoms with Crippen LogP contribution in [0, 0.1) is 17.8 Å². The summed E-state index contributed by atoms with van der Waals surface area (Å²) in [6.45, 7) is 3.80. The van der Waals surface area contributed by atoms with E-state index in [0.717, 1.165) is 12.3 Å². The first-order chi connectivity index (χ1) is 6.16. The Morgan fingerprint density at radius 3 is 2.54 bits per heavy atom. The average molecular weight is 182 g/mol. The van der Waals surface area contributed by atoms with Gasteiger partial charge in [0.2, 0.25) is 0 Å². The van der Waals surface area contributed by atoms with Gasteiger partial charge in [0.15, 0.2) is 0 Å². The van der Waals surface area contributed by atoms with Gasteiger partial charge in [-0.2, -0.15) is 0 Å². The van der Waals surface area contributed by atoms with Gasteiger partial charge in [0.1, 0.15) is 6.10 Å². The van der Waals surface area contributed by atoms with E-state index in [-0.39, 0.29) is 18.0 Å². The summed E-state index contributed by atoms with van der Waals surface area (Å²) in [6, 6.07) is 0. The van der Waals surface area contributed by atoms with Gasteiger partial charge < -0.3 is 4.74 Å². The fraction of sp³-hybridized carbons (Fsp3) is 0.909. The first-order valence-corrected chi connectivity index (χ1v) is 5.37. The minimum absolute atomic E-state index is 0.0162. The second kappa shape index (κ2) is 3.32. The Labute approximate surface area is 79.7 Å². The highest BCUT2D eigenvalue weighted by Crippen LogP contribution is 2.45. The third-order valence-electron chi connectivity index (χ3n) is 3.41. The van der Waals surface area contributed by atoms with Crippen LogP contribution in [0.15, 0.2) is 0 Å². The molecule has 0 radical (unpaired) electrons. The van der Waals surface area contributed by atoms with Crippen molar-refractivity contribution in [2.75, 3.05) is 0 Å². The normalized spacial score (nSPS) is 37.0. The Morgan fingerprint density at radius 2 is 2.08 bits per heavy atom. The van der Waals surface area contributed by atoms with Crippen LogP contribution in [0.5, 0.6) is 0 Å². The Bertz CT molecular complexity index is 210. The molecule has 0 aliphatic heterocycles. The van der Waals surface area contributed by atoms with Crippen LogP contribution in [0.2, 0.25) is 0 Å². The second-order valence-electron chi connectivity index (χ2n) is 4.80. The number of rotatable bonds is 2. The highest BCUT2D eigenvalue weighted by atomic mass is 16.5. The van der Waals surface area contributed by atoms with Crippen molar-refractivity contribution in [2.24, 2.45) is 17.8 Å². The Kier molecular flexibility index (Phi) is 2.31. The SMILES string of the molecule is CC(C)C(=O)OC1CC2CCC1C2. The summed E-state index contributed by atoms with van der Waals surface area (Å²) in [4.78, 5) is 11.4. The van der Waals surface area contributed by atoms with E-state index in [9.17, 15) is 4.79 Å². The molecule has 3 unspecified atom stereocenters. The fourth-order valence-corrected chi connectivity index (χ4v) is 2.62. The summed E-state index contributed by atoms with van der Waals surface area (Å²) in [5, 5.41) is 0. The van der Waals surface area contributed by atoms with Gasteiger partial charge in [-0.05, 0) is 37.5 Å². The lowest BCUT2D eigenvalue weighted by Crippen LogP contribution is -2.26. The molecular formula is C11H18O2. The average Bonchev–Trinajstić information content (AvgIpc) is 2.64. The number of hydrogen-bond donors (Lipinski definition) is 0. The summed E-state index contributed by atoms with van der Waals surface area (Å²) in [7, 11) is 0. The largest absolute Gasteiger partial charge is 0.462 e. The molecule has 2 aliphatic carbocycles. The second-order valence-corrected chi connectivity index (χ2v) is 4.80. The summed E-state index contributed by atoms with van der Waals surface area (Å²) < 4.78 is 5.47. The van der Waals surface area contributed by atoms with Gasteiger partial charge in [-0.3, -0.25) is 4.79 Å². The van der Waals surface area contributed by atoms with Crippen molar-refractivity contribution in [3.8, 4) is 0 Å². The van der Waals surface area contributed by atoms with Crippen LogP contribution in [-0.2, 0) is 9.53 Å². The highest BCUT2D eigenvalue weighted by molar-refractivity contribution is 5.71. The molecule has 2 aliphatic rings. The molecule has 0 amide bonds. The number of ether oxygens (including phenoxy) is 1. The summed E-state index contributed by atoms with van der Waals surface area (Å²) in [5.74, 6) is 1.55. The molecule has 2 fully saturated rings. The predicted molar refractivity (Wildman–Crippen MR) is 50.2 cm³/mol. The summed E-state index contributed by atoms with van der Waals surface area (Å²) in [5.41, 5.74) is 0. The quantitative estimate of drug-likeness (QED) is 0.613. The van der Waals surface area contributed by atoms with Gasteiger partial charge >= 0.3 is 5.97 Å². The summed E-state index contributed by atoms with van der Waals surface area (Å²) in [6.07, 6.45) is 5.33. The third-order valence-corrected chi connectivity index (χ3v) is 3.41. The third kappa shape index (κ3) is 1.72. The van der Waals surface area contributed by atoms with Gasteiger partial charge in [-0.15, -0.1) is 0 Å². The van der Waals surface area contributed by atoms with E-state index in [4.69, 9.17) is 4.74 Å². The van der Waals surface area contributed by atoms with Crippen molar-refractivity contribution in [3.63, 3.8) is 0 Å². The van der Waals surface area contributed by atoms with Crippen LogP contribution in [-0.4, -0.2) is 12.1 Å². The molecular weight excluding hydrogens is 164 g/mol. The molecule has 2 bridgehead atoms. The van der Waals surface area contributed by atoms with E-state index < -0.39 is 0 Å². The molecule has 74 valence electrons. The molecule has 2 rings (SSSR count). The minimum atomic E-state index is -0.0162. The first-order valence-electron chi connectivity index (χ1n) is 5.37. The highest BCUT2D eigenvalue weighted by Gasteiger charge is 2.41.